The predicted molar refractivity (Wildman–Crippen MR) is 105 cm³/mol. The number of amides is 2. The molecule has 2 heterocycles. The van der Waals surface area contributed by atoms with Crippen molar-refractivity contribution in [1.29, 1.82) is 0 Å². The van der Waals surface area contributed by atoms with Crippen molar-refractivity contribution in [3.63, 3.8) is 0 Å². The number of carbonyl (C=O) groups excluding carboxylic acids is 2. The molecule has 2 amide bonds. The fourth-order valence-electron chi connectivity index (χ4n) is 3.63. The Morgan fingerprint density at radius 3 is 2.59 bits per heavy atom. The van der Waals surface area contributed by atoms with Gasteiger partial charge in [-0.1, -0.05) is 12.1 Å². The normalized spacial score (nSPS) is 17.3. The van der Waals surface area contributed by atoms with Crippen LogP contribution in [0, 0.1) is 0 Å². The number of fused-ring (bicyclic) bond motifs is 1. The highest BCUT2D eigenvalue weighted by molar-refractivity contribution is 6.35. The Kier molecular flexibility index (Phi) is 7.06. The first-order valence-corrected chi connectivity index (χ1v) is 9.82. The summed E-state index contributed by atoms with van der Waals surface area (Å²) >= 11 is 0. The van der Waals surface area contributed by atoms with E-state index in [0.29, 0.717) is 13.1 Å². The van der Waals surface area contributed by atoms with Crippen LogP contribution in [-0.4, -0.2) is 76.2 Å². The van der Waals surface area contributed by atoms with Crippen molar-refractivity contribution in [3.8, 4) is 0 Å². The zero-order valence-electron chi connectivity index (χ0n) is 16.1. The molecule has 0 saturated carbocycles. The third-order valence-corrected chi connectivity index (χ3v) is 5.22. The maximum atomic E-state index is 11.9. The van der Waals surface area contributed by atoms with Crippen molar-refractivity contribution in [2.75, 3.05) is 64.4 Å². The van der Waals surface area contributed by atoms with Gasteiger partial charge in [0.1, 0.15) is 0 Å². The summed E-state index contributed by atoms with van der Waals surface area (Å²) in [5.41, 5.74) is 3.86. The molecule has 2 N–H and O–H groups in total. The third-order valence-electron chi connectivity index (χ3n) is 5.22. The highest BCUT2D eigenvalue weighted by Gasteiger charge is 2.16. The smallest absolute Gasteiger partial charge is 0.309 e. The molecule has 0 bridgehead atoms. The highest BCUT2D eigenvalue weighted by Crippen LogP contribution is 2.26. The number of carbonyl (C=O) groups is 2. The van der Waals surface area contributed by atoms with Gasteiger partial charge < -0.3 is 20.3 Å². The first-order chi connectivity index (χ1) is 13.1. The van der Waals surface area contributed by atoms with Crippen molar-refractivity contribution in [2.24, 2.45) is 0 Å². The molecule has 0 atom stereocenters. The molecule has 1 aromatic carbocycles. The summed E-state index contributed by atoms with van der Waals surface area (Å²) in [6.07, 6.45) is 3.00. The van der Waals surface area contributed by atoms with E-state index in [1.54, 1.807) is 0 Å². The summed E-state index contributed by atoms with van der Waals surface area (Å²) in [7, 11) is 2.12. The minimum Gasteiger partial charge on any atom is -0.379 e. The average molecular weight is 374 g/mol. The molecule has 0 unspecified atom stereocenters. The molecule has 0 spiro atoms. The van der Waals surface area contributed by atoms with Gasteiger partial charge in [-0.25, -0.2) is 0 Å². The molecule has 7 heteroatoms. The second kappa shape index (κ2) is 9.71. The van der Waals surface area contributed by atoms with Crippen LogP contribution in [0.4, 0.5) is 5.69 Å². The van der Waals surface area contributed by atoms with Crippen molar-refractivity contribution < 1.29 is 14.3 Å². The van der Waals surface area contributed by atoms with Crippen LogP contribution in [0.5, 0.6) is 0 Å². The number of hydrogen-bond donors (Lipinski definition) is 2. The molecule has 1 saturated heterocycles. The predicted octanol–water partition coefficient (Wildman–Crippen LogP) is 0.176. The summed E-state index contributed by atoms with van der Waals surface area (Å²) in [6.45, 7) is 5.99. The van der Waals surface area contributed by atoms with Gasteiger partial charge in [0.2, 0.25) is 0 Å². The van der Waals surface area contributed by atoms with Gasteiger partial charge in [0, 0.05) is 52.0 Å². The van der Waals surface area contributed by atoms with E-state index in [0.717, 1.165) is 52.2 Å². The first kappa shape index (κ1) is 19.6. The first-order valence-electron chi connectivity index (χ1n) is 9.82. The van der Waals surface area contributed by atoms with E-state index in [1.807, 2.05) is 0 Å². The Balaban J connectivity index is 1.35. The van der Waals surface area contributed by atoms with E-state index in [4.69, 9.17) is 4.74 Å². The Labute approximate surface area is 161 Å². The van der Waals surface area contributed by atoms with Crippen molar-refractivity contribution in [1.82, 2.24) is 15.5 Å². The number of rotatable bonds is 6. The van der Waals surface area contributed by atoms with Crippen molar-refractivity contribution in [3.05, 3.63) is 29.3 Å². The topological polar surface area (TPSA) is 73.9 Å². The molecule has 0 aromatic heterocycles. The van der Waals surface area contributed by atoms with Gasteiger partial charge in [-0.15, -0.1) is 0 Å². The van der Waals surface area contributed by atoms with Gasteiger partial charge in [-0.05, 0) is 36.5 Å². The lowest BCUT2D eigenvalue weighted by atomic mass is 9.98. The minimum atomic E-state index is -0.560. The summed E-state index contributed by atoms with van der Waals surface area (Å²) in [6, 6.07) is 6.48. The molecule has 1 aromatic rings. The molecule has 3 rings (SSSR count). The van der Waals surface area contributed by atoms with E-state index in [1.165, 1.54) is 23.2 Å². The van der Waals surface area contributed by atoms with E-state index in [9.17, 15) is 9.59 Å². The molecule has 7 nitrogen and oxygen atoms in total. The summed E-state index contributed by atoms with van der Waals surface area (Å²) in [5, 5.41) is 5.40. The molecule has 2 aliphatic heterocycles. The molecular weight excluding hydrogens is 344 g/mol. The molecule has 1 fully saturated rings. The lowest BCUT2D eigenvalue weighted by Crippen LogP contribution is -2.45. The SMILES string of the molecule is CN1CCCc2cc(CCNC(=O)C(=O)NCCN3CCOCC3)ccc21. The Morgan fingerprint density at radius 2 is 1.81 bits per heavy atom. The number of hydrogen-bond acceptors (Lipinski definition) is 5. The van der Waals surface area contributed by atoms with Gasteiger partial charge in [-0.2, -0.15) is 0 Å². The number of benzene rings is 1. The molecule has 0 radical (unpaired) electrons. The standard InChI is InChI=1S/C20H30N4O3/c1-23-9-2-3-17-15-16(4-5-18(17)23)6-7-21-19(25)20(26)22-8-10-24-11-13-27-14-12-24/h4-5,15H,2-3,6-14H2,1H3,(H,21,25)(H,22,26). The molecule has 0 aliphatic carbocycles. The quantitative estimate of drug-likeness (QED) is 0.695. The second-order valence-corrected chi connectivity index (χ2v) is 7.20. The molecule has 27 heavy (non-hydrogen) atoms. The van der Waals surface area contributed by atoms with Gasteiger partial charge in [-0.3, -0.25) is 14.5 Å². The maximum Gasteiger partial charge on any atom is 0.309 e. The van der Waals surface area contributed by atoms with E-state index >= 15 is 0 Å². The van der Waals surface area contributed by atoms with Crippen LogP contribution < -0.4 is 15.5 Å². The van der Waals surface area contributed by atoms with Gasteiger partial charge >= 0.3 is 11.8 Å². The lowest BCUT2D eigenvalue weighted by molar-refractivity contribution is -0.139. The van der Waals surface area contributed by atoms with Gasteiger partial charge in [0.05, 0.1) is 13.2 Å². The van der Waals surface area contributed by atoms with Crippen molar-refractivity contribution >= 4 is 17.5 Å². The number of anilines is 1. The summed E-state index contributed by atoms with van der Waals surface area (Å²) in [5.74, 6) is -1.12. The summed E-state index contributed by atoms with van der Waals surface area (Å²) < 4.78 is 5.29. The van der Waals surface area contributed by atoms with Crippen LogP contribution >= 0.6 is 0 Å². The Bertz CT molecular complexity index is 659. The Hall–Kier alpha value is -2.12. The molecule has 2 aliphatic rings. The van der Waals surface area contributed by atoms with Crippen molar-refractivity contribution in [2.45, 2.75) is 19.3 Å². The van der Waals surface area contributed by atoms with Crippen LogP contribution in [0.1, 0.15) is 17.5 Å². The van der Waals surface area contributed by atoms with Gasteiger partial charge in [0.25, 0.3) is 0 Å². The Morgan fingerprint density at radius 1 is 1.07 bits per heavy atom. The van der Waals surface area contributed by atoms with Crippen LogP contribution in [-0.2, 0) is 27.2 Å². The zero-order valence-corrected chi connectivity index (χ0v) is 16.1. The van der Waals surface area contributed by atoms with E-state index in [-0.39, 0.29) is 0 Å². The number of nitrogens with one attached hydrogen (secondary N) is 2. The van der Waals surface area contributed by atoms with Crippen LogP contribution in [0.2, 0.25) is 0 Å². The number of ether oxygens (including phenoxy) is 1. The number of morpholine rings is 1. The zero-order chi connectivity index (χ0) is 19.1. The van der Waals surface area contributed by atoms with Crippen LogP contribution in [0.15, 0.2) is 18.2 Å². The average Bonchev–Trinajstić information content (AvgIpc) is 2.69. The second-order valence-electron chi connectivity index (χ2n) is 7.20. The van der Waals surface area contributed by atoms with E-state index in [2.05, 4.69) is 45.7 Å². The fourth-order valence-corrected chi connectivity index (χ4v) is 3.63. The number of aryl methyl sites for hydroxylation is 1. The van der Waals surface area contributed by atoms with Crippen LogP contribution in [0.25, 0.3) is 0 Å². The fraction of sp³-hybridized carbons (Fsp3) is 0.600. The third kappa shape index (κ3) is 5.68. The largest absolute Gasteiger partial charge is 0.379 e. The lowest BCUT2D eigenvalue weighted by Gasteiger charge is -2.27. The molecule has 148 valence electrons. The maximum absolute atomic E-state index is 11.9. The minimum absolute atomic E-state index is 0.463. The molecular formula is C20H30N4O3. The van der Waals surface area contributed by atoms with E-state index < -0.39 is 11.8 Å². The summed E-state index contributed by atoms with van der Waals surface area (Å²) in [4.78, 5) is 28.3. The number of nitrogens with zero attached hydrogens (tertiary/aromatic N) is 2. The monoisotopic (exact) mass is 374 g/mol. The van der Waals surface area contributed by atoms with Gasteiger partial charge in [0.15, 0.2) is 0 Å². The van der Waals surface area contributed by atoms with Crippen LogP contribution in [0.3, 0.4) is 0 Å². The highest BCUT2D eigenvalue weighted by atomic mass is 16.5.